The van der Waals surface area contributed by atoms with Crippen LogP contribution in [0.2, 0.25) is 0 Å². The summed E-state index contributed by atoms with van der Waals surface area (Å²) < 4.78 is 56.7. The van der Waals surface area contributed by atoms with Crippen molar-refractivity contribution < 1.29 is 51.0 Å². The van der Waals surface area contributed by atoms with E-state index in [1.54, 1.807) is 58.2 Å². The van der Waals surface area contributed by atoms with Gasteiger partial charge in [-0.15, -0.1) is 0 Å². The molecule has 3 N–H and O–H groups in total. The SMILES string of the molecule is COc1ccc2c(OC3C[C@H]4C(=O)N[C@]5(C(=O)NS(=O)(=O)C6CC6)C[C@H]5/C=C\CCOCC[C@H](NC(=O)OC(C)(C)C)C(=O)N4C3)nc(-c3ncco3)cc2c1. The number of carbonyl (C=O) groups excluding carboxylic acids is 4. The average molecular weight is 795 g/mol. The van der Waals surface area contributed by atoms with Gasteiger partial charge in [-0.3, -0.25) is 19.1 Å². The number of amides is 4. The van der Waals surface area contributed by atoms with E-state index >= 15 is 0 Å². The molecule has 1 unspecified atom stereocenters. The van der Waals surface area contributed by atoms with Crippen molar-refractivity contribution in [1.29, 1.82) is 0 Å². The number of hydrogen-bond acceptors (Lipinski definition) is 13. The van der Waals surface area contributed by atoms with Crippen molar-refractivity contribution in [2.45, 2.75) is 93.9 Å². The van der Waals surface area contributed by atoms with Gasteiger partial charge in [0.15, 0.2) is 0 Å². The third-order valence-electron chi connectivity index (χ3n) is 10.1. The van der Waals surface area contributed by atoms with Crippen LogP contribution >= 0.6 is 0 Å². The molecule has 300 valence electrons. The Labute approximate surface area is 323 Å². The molecule has 2 saturated carbocycles. The standard InChI is InChI=1S/C38H46N6O11S/c1-37(2,3)55-36(48)41-28-12-15-52-14-6-5-7-23-20-38(23,35(47)43-56(49,50)26-9-10-26)42-31(45)30-19-25(21-44(30)34(28)46)54-32-27-11-8-24(51-4)17-22(27)18-29(40-32)33-39-13-16-53-33/h5,7-8,11,13,16-18,23,25-26,28,30H,6,9-10,12,14-15,19-21H2,1-4H3,(H,41,48)(H,42,45)(H,43,47)/b7-5-/t23-,25?,28+,30+,38-/m1/s1. The molecule has 7 rings (SSSR count). The minimum Gasteiger partial charge on any atom is -0.497 e. The van der Waals surface area contributed by atoms with Gasteiger partial charge in [0.2, 0.25) is 33.6 Å². The normalized spacial score (nSPS) is 26.5. The van der Waals surface area contributed by atoms with E-state index in [0.717, 1.165) is 0 Å². The predicted molar refractivity (Wildman–Crippen MR) is 200 cm³/mol. The van der Waals surface area contributed by atoms with Crippen molar-refractivity contribution in [3.8, 4) is 23.2 Å². The van der Waals surface area contributed by atoms with E-state index in [9.17, 15) is 27.6 Å². The summed E-state index contributed by atoms with van der Waals surface area (Å²) in [6.07, 6.45) is 6.40. The Morgan fingerprint density at radius 3 is 2.62 bits per heavy atom. The van der Waals surface area contributed by atoms with E-state index < -0.39 is 74.3 Å². The van der Waals surface area contributed by atoms with Gasteiger partial charge in [-0.25, -0.2) is 23.2 Å². The van der Waals surface area contributed by atoms with Gasteiger partial charge in [-0.05, 0) is 76.1 Å². The molecule has 4 amide bonds. The molecule has 0 radical (unpaired) electrons. The average Bonchev–Trinajstić information content (AvgIpc) is 4.00. The molecule has 2 aliphatic carbocycles. The number of alkyl carbamates (subject to hydrolysis) is 1. The summed E-state index contributed by atoms with van der Waals surface area (Å²) in [5, 5.41) is 6.16. The van der Waals surface area contributed by atoms with Crippen molar-refractivity contribution in [3.05, 3.63) is 48.9 Å². The van der Waals surface area contributed by atoms with E-state index in [2.05, 4.69) is 20.3 Å². The number of sulfonamides is 1. The summed E-state index contributed by atoms with van der Waals surface area (Å²) >= 11 is 0. The van der Waals surface area contributed by atoms with Crippen LogP contribution in [0.15, 0.2) is 53.3 Å². The molecule has 0 spiro atoms. The molecule has 56 heavy (non-hydrogen) atoms. The van der Waals surface area contributed by atoms with Crippen molar-refractivity contribution in [2.75, 3.05) is 26.9 Å². The topological polar surface area (TPSA) is 218 Å². The van der Waals surface area contributed by atoms with Crippen LogP contribution in [-0.2, 0) is 33.9 Å². The molecule has 1 aromatic carbocycles. The summed E-state index contributed by atoms with van der Waals surface area (Å²) in [5.74, 6) is -1.61. The predicted octanol–water partition coefficient (Wildman–Crippen LogP) is 2.99. The maximum absolute atomic E-state index is 14.5. The fourth-order valence-electron chi connectivity index (χ4n) is 7.00. The van der Waals surface area contributed by atoms with Crippen molar-refractivity contribution in [1.82, 2.24) is 30.2 Å². The van der Waals surface area contributed by atoms with E-state index in [1.165, 1.54) is 17.4 Å². The summed E-state index contributed by atoms with van der Waals surface area (Å²) in [6.45, 7) is 5.36. The highest BCUT2D eigenvalue weighted by atomic mass is 32.2. The molecule has 2 aliphatic heterocycles. The fourth-order valence-corrected chi connectivity index (χ4v) is 8.37. The maximum atomic E-state index is 14.5. The second kappa shape index (κ2) is 15.4. The van der Waals surface area contributed by atoms with Crippen LogP contribution in [0.5, 0.6) is 11.6 Å². The second-order valence-electron chi connectivity index (χ2n) is 15.5. The third kappa shape index (κ3) is 8.60. The number of pyridine rings is 1. The number of nitrogens with zero attached hydrogens (tertiary/aromatic N) is 3. The van der Waals surface area contributed by atoms with Gasteiger partial charge in [-0.1, -0.05) is 12.2 Å². The monoisotopic (exact) mass is 794 g/mol. The number of methoxy groups -OCH3 is 1. The number of nitrogens with one attached hydrogen (secondary N) is 3. The fraction of sp³-hybridized carbons (Fsp3) is 0.526. The van der Waals surface area contributed by atoms with Crippen molar-refractivity contribution in [2.24, 2.45) is 5.92 Å². The minimum atomic E-state index is -3.93. The lowest BCUT2D eigenvalue weighted by Crippen LogP contribution is -2.58. The first kappa shape index (κ1) is 39.0. The van der Waals surface area contributed by atoms with E-state index in [-0.39, 0.29) is 50.8 Å². The van der Waals surface area contributed by atoms with Crippen molar-refractivity contribution >= 4 is 44.6 Å². The maximum Gasteiger partial charge on any atom is 0.408 e. The summed E-state index contributed by atoms with van der Waals surface area (Å²) in [6, 6.07) is 4.75. The molecule has 2 aromatic heterocycles. The lowest BCUT2D eigenvalue weighted by atomic mass is 10.1. The first-order valence-corrected chi connectivity index (χ1v) is 20.2. The highest BCUT2D eigenvalue weighted by Gasteiger charge is 2.62. The van der Waals surface area contributed by atoms with E-state index in [1.807, 2.05) is 6.08 Å². The first-order valence-electron chi connectivity index (χ1n) is 18.6. The summed E-state index contributed by atoms with van der Waals surface area (Å²) in [5.41, 5.74) is -2.05. The summed E-state index contributed by atoms with van der Waals surface area (Å²) in [4.78, 5) is 66.0. The molecule has 4 heterocycles. The molecule has 3 aromatic rings. The van der Waals surface area contributed by atoms with Crippen molar-refractivity contribution in [3.63, 3.8) is 0 Å². The zero-order valence-electron chi connectivity index (χ0n) is 31.6. The molecule has 5 atom stereocenters. The Morgan fingerprint density at radius 1 is 1.11 bits per heavy atom. The molecule has 3 fully saturated rings. The van der Waals surface area contributed by atoms with Crippen LogP contribution in [0, 0.1) is 5.92 Å². The Kier molecular flexibility index (Phi) is 10.7. The number of fused-ring (bicyclic) bond motifs is 3. The molecule has 1 saturated heterocycles. The first-order chi connectivity index (χ1) is 26.7. The largest absolute Gasteiger partial charge is 0.497 e. The number of hydrogen-bond donors (Lipinski definition) is 3. The molecular weight excluding hydrogens is 749 g/mol. The lowest BCUT2D eigenvalue weighted by molar-refractivity contribution is -0.141. The molecule has 17 nitrogen and oxygen atoms in total. The molecular formula is C38H46N6O11S. The zero-order valence-corrected chi connectivity index (χ0v) is 32.4. The Hall–Kier alpha value is -5.23. The number of aromatic nitrogens is 2. The number of ether oxygens (including phenoxy) is 4. The van der Waals surface area contributed by atoms with Gasteiger partial charge in [0.05, 0.1) is 31.7 Å². The Bertz CT molecular complexity index is 2130. The molecule has 18 heteroatoms. The smallest absolute Gasteiger partial charge is 0.408 e. The van der Waals surface area contributed by atoms with Crippen LogP contribution in [0.4, 0.5) is 4.79 Å². The zero-order chi connectivity index (χ0) is 39.8. The molecule has 0 bridgehead atoms. The number of rotatable bonds is 8. The van der Waals surface area contributed by atoms with Crippen LogP contribution in [0.1, 0.15) is 59.3 Å². The van der Waals surface area contributed by atoms with Gasteiger partial charge in [0.1, 0.15) is 47.0 Å². The molecule has 4 aliphatic rings. The third-order valence-corrected chi connectivity index (χ3v) is 11.9. The van der Waals surface area contributed by atoms with Gasteiger partial charge in [0.25, 0.3) is 5.91 Å². The number of carbonyl (C=O) groups is 4. The second-order valence-corrected chi connectivity index (χ2v) is 17.4. The van der Waals surface area contributed by atoms with Crippen LogP contribution in [0.25, 0.3) is 22.4 Å². The van der Waals surface area contributed by atoms with Gasteiger partial charge in [-0.2, -0.15) is 0 Å². The van der Waals surface area contributed by atoms with Crippen LogP contribution < -0.4 is 24.8 Å². The number of oxazole rings is 1. The van der Waals surface area contributed by atoms with Crippen LogP contribution in [-0.4, -0.2) is 109 Å². The van der Waals surface area contributed by atoms with Gasteiger partial charge in [0, 0.05) is 30.8 Å². The van der Waals surface area contributed by atoms with Gasteiger partial charge >= 0.3 is 6.09 Å². The number of benzene rings is 1. The van der Waals surface area contributed by atoms with Crippen LogP contribution in [0.3, 0.4) is 0 Å². The highest BCUT2D eigenvalue weighted by Crippen LogP contribution is 2.46. The van der Waals surface area contributed by atoms with E-state index in [0.29, 0.717) is 41.5 Å². The quantitative estimate of drug-likeness (QED) is 0.280. The highest BCUT2D eigenvalue weighted by molar-refractivity contribution is 7.91. The minimum absolute atomic E-state index is 0.0334. The Morgan fingerprint density at radius 2 is 1.91 bits per heavy atom. The Balaban J connectivity index is 1.22. The van der Waals surface area contributed by atoms with Gasteiger partial charge < -0.3 is 38.9 Å². The lowest BCUT2D eigenvalue weighted by Gasteiger charge is -2.30. The summed E-state index contributed by atoms with van der Waals surface area (Å²) in [7, 11) is -2.38. The van der Waals surface area contributed by atoms with E-state index in [4.69, 9.17) is 28.3 Å².